The molecular formula is C24H29FN2O3. The van der Waals surface area contributed by atoms with Crippen LogP contribution in [0.3, 0.4) is 0 Å². The van der Waals surface area contributed by atoms with Crippen molar-refractivity contribution in [1.29, 1.82) is 5.41 Å². The highest BCUT2D eigenvalue weighted by Crippen LogP contribution is 2.58. The van der Waals surface area contributed by atoms with E-state index in [0.29, 0.717) is 30.5 Å². The molecule has 1 spiro atoms. The molecule has 1 aromatic carbocycles. The fraction of sp³-hybridized carbons (Fsp3) is 0.500. The Balaban J connectivity index is 1.70. The van der Waals surface area contributed by atoms with E-state index in [0.717, 1.165) is 24.8 Å². The summed E-state index contributed by atoms with van der Waals surface area (Å²) in [4.78, 5) is 14.9. The molecule has 0 aromatic heterocycles. The number of carbonyl (C=O) groups is 1. The number of rotatable bonds is 7. The molecule has 0 radical (unpaired) electrons. The Hall–Kier alpha value is -2.63. The van der Waals surface area contributed by atoms with E-state index < -0.39 is 11.4 Å². The Morgan fingerprint density at radius 3 is 2.60 bits per heavy atom. The Kier molecular flexibility index (Phi) is 5.20. The van der Waals surface area contributed by atoms with Crippen LogP contribution in [-0.4, -0.2) is 36.3 Å². The molecule has 1 unspecified atom stereocenters. The number of nitrogens with zero attached hydrogens (tertiary/aromatic N) is 1. The maximum atomic E-state index is 15.5. The van der Waals surface area contributed by atoms with E-state index in [9.17, 15) is 4.79 Å². The Morgan fingerprint density at radius 1 is 1.30 bits per heavy atom. The maximum absolute atomic E-state index is 15.5. The first kappa shape index (κ1) is 20.6. The van der Waals surface area contributed by atoms with Crippen LogP contribution >= 0.6 is 0 Å². The number of allylic oxidation sites excluding steroid dienone is 3. The summed E-state index contributed by atoms with van der Waals surface area (Å²) in [5, 5.41) is 8.71. The summed E-state index contributed by atoms with van der Waals surface area (Å²) in [6.07, 6.45) is 6.48. The molecule has 1 aliphatic heterocycles. The zero-order valence-corrected chi connectivity index (χ0v) is 18.1. The van der Waals surface area contributed by atoms with Crippen LogP contribution in [-0.2, 0) is 10.3 Å². The summed E-state index contributed by atoms with van der Waals surface area (Å²) in [6, 6.07) is 1.81. The smallest absolute Gasteiger partial charge is 0.197 e. The molecule has 160 valence electrons. The number of fused-ring (bicyclic) bond motifs is 2. The Morgan fingerprint density at radius 2 is 2.00 bits per heavy atom. The summed E-state index contributed by atoms with van der Waals surface area (Å²) in [5.41, 5.74) is 2.37. The van der Waals surface area contributed by atoms with Gasteiger partial charge in [0.25, 0.3) is 0 Å². The molecule has 1 saturated carbocycles. The first-order chi connectivity index (χ1) is 14.3. The lowest BCUT2D eigenvalue weighted by Gasteiger charge is -2.27. The molecule has 1 fully saturated rings. The van der Waals surface area contributed by atoms with Crippen molar-refractivity contribution in [2.24, 2.45) is 5.92 Å². The molecule has 0 bridgehead atoms. The average molecular weight is 413 g/mol. The fourth-order valence-electron chi connectivity index (χ4n) is 4.79. The standard InChI is InChI=1S/C24H29FN2O3/c1-5-29-19-12-17-20(21(25)22(19)30-6-2)23(26)27(24(17)7-8-24)13-18(28)16-10-14(3)9-15(4)11-16/h10-12,14,26H,5-9,13H2,1-4H3. The van der Waals surface area contributed by atoms with Gasteiger partial charge in [-0.3, -0.25) is 10.2 Å². The number of ketones is 1. The summed E-state index contributed by atoms with van der Waals surface area (Å²) in [5.74, 6) is 0.200. The predicted octanol–water partition coefficient (Wildman–Crippen LogP) is 4.73. The average Bonchev–Trinajstić information content (AvgIpc) is 3.45. The largest absolute Gasteiger partial charge is 0.490 e. The number of hydrogen-bond donors (Lipinski definition) is 1. The molecule has 1 heterocycles. The highest BCUT2D eigenvalue weighted by atomic mass is 19.1. The highest BCUT2D eigenvalue weighted by molar-refractivity contribution is 6.08. The lowest BCUT2D eigenvalue weighted by molar-refractivity contribution is -0.116. The van der Waals surface area contributed by atoms with Gasteiger partial charge in [-0.1, -0.05) is 24.6 Å². The number of ether oxygens (including phenoxy) is 2. The van der Waals surface area contributed by atoms with Crippen molar-refractivity contribution in [1.82, 2.24) is 4.90 Å². The van der Waals surface area contributed by atoms with Gasteiger partial charge in [-0.25, -0.2) is 4.39 Å². The molecule has 6 heteroatoms. The van der Waals surface area contributed by atoms with Crippen LogP contribution in [0.15, 0.2) is 29.4 Å². The second-order valence-electron chi connectivity index (χ2n) is 8.49. The van der Waals surface area contributed by atoms with E-state index in [1.54, 1.807) is 11.8 Å². The van der Waals surface area contributed by atoms with Crippen LogP contribution in [0.1, 0.15) is 58.1 Å². The molecule has 1 N–H and O–H groups in total. The SMILES string of the molecule is CCOc1cc2c(c(F)c1OCC)C(=N)N(CC(=O)C1=CC(C)CC(C)=C1)C21CC1. The molecular weight excluding hydrogens is 383 g/mol. The van der Waals surface area contributed by atoms with E-state index >= 15 is 4.39 Å². The topological polar surface area (TPSA) is 62.6 Å². The molecule has 1 aromatic rings. The van der Waals surface area contributed by atoms with Crippen molar-refractivity contribution in [2.45, 2.75) is 52.5 Å². The summed E-state index contributed by atoms with van der Waals surface area (Å²) in [7, 11) is 0. The van der Waals surface area contributed by atoms with Crippen LogP contribution in [0.25, 0.3) is 0 Å². The van der Waals surface area contributed by atoms with Gasteiger partial charge in [0, 0.05) is 5.57 Å². The van der Waals surface area contributed by atoms with E-state index in [4.69, 9.17) is 14.9 Å². The van der Waals surface area contributed by atoms with Gasteiger partial charge in [-0.2, -0.15) is 0 Å². The summed E-state index contributed by atoms with van der Waals surface area (Å²) >= 11 is 0. The first-order valence-corrected chi connectivity index (χ1v) is 10.7. The number of nitrogens with one attached hydrogen (secondary N) is 1. The zero-order valence-electron chi connectivity index (χ0n) is 18.1. The normalized spacial score (nSPS) is 21.3. The van der Waals surface area contributed by atoms with Crippen molar-refractivity contribution in [3.63, 3.8) is 0 Å². The number of benzene rings is 1. The summed E-state index contributed by atoms with van der Waals surface area (Å²) in [6.45, 7) is 8.53. The monoisotopic (exact) mass is 412 g/mol. The van der Waals surface area contributed by atoms with Gasteiger partial charge in [0.2, 0.25) is 0 Å². The van der Waals surface area contributed by atoms with Gasteiger partial charge in [-0.15, -0.1) is 0 Å². The van der Waals surface area contributed by atoms with Gasteiger partial charge in [-0.05, 0) is 57.6 Å². The third-order valence-electron chi connectivity index (χ3n) is 6.16. The summed E-state index contributed by atoms with van der Waals surface area (Å²) < 4.78 is 26.6. The van der Waals surface area contributed by atoms with E-state index in [-0.39, 0.29) is 29.5 Å². The second kappa shape index (κ2) is 7.56. The van der Waals surface area contributed by atoms with Crippen molar-refractivity contribution in [3.8, 4) is 11.5 Å². The number of hydrogen-bond acceptors (Lipinski definition) is 4. The van der Waals surface area contributed by atoms with E-state index in [2.05, 4.69) is 6.92 Å². The van der Waals surface area contributed by atoms with E-state index in [1.165, 1.54) is 5.57 Å². The number of amidine groups is 1. The minimum atomic E-state index is -0.565. The number of Topliss-reactive ketones (excluding diaryl/α,β-unsaturated/α-hetero) is 1. The zero-order chi connectivity index (χ0) is 21.6. The Labute approximate surface area is 177 Å². The third kappa shape index (κ3) is 3.22. The molecule has 0 saturated heterocycles. The molecule has 1 atom stereocenters. The lowest BCUT2D eigenvalue weighted by Crippen LogP contribution is -2.38. The molecule has 0 amide bonds. The van der Waals surface area contributed by atoms with Crippen LogP contribution < -0.4 is 9.47 Å². The fourth-order valence-corrected chi connectivity index (χ4v) is 4.79. The van der Waals surface area contributed by atoms with Gasteiger partial charge in [0.1, 0.15) is 5.84 Å². The minimum Gasteiger partial charge on any atom is -0.490 e. The predicted molar refractivity (Wildman–Crippen MR) is 114 cm³/mol. The lowest BCUT2D eigenvalue weighted by atomic mass is 9.90. The number of halogens is 1. The third-order valence-corrected chi connectivity index (χ3v) is 6.16. The Bertz CT molecular complexity index is 975. The minimum absolute atomic E-state index is 0.0276. The van der Waals surface area contributed by atoms with Crippen LogP contribution in [0.2, 0.25) is 0 Å². The maximum Gasteiger partial charge on any atom is 0.197 e. The van der Waals surface area contributed by atoms with Crippen molar-refractivity contribution in [3.05, 3.63) is 46.3 Å². The van der Waals surface area contributed by atoms with Gasteiger partial charge in [0.15, 0.2) is 23.1 Å². The second-order valence-corrected chi connectivity index (χ2v) is 8.49. The van der Waals surface area contributed by atoms with Crippen LogP contribution in [0, 0.1) is 17.1 Å². The van der Waals surface area contributed by atoms with Gasteiger partial charge >= 0.3 is 0 Å². The van der Waals surface area contributed by atoms with Gasteiger partial charge < -0.3 is 14.4 Å². The molecule has 2 aliphatic carbocycles. The quantitative estimate of drug-likeness (QED) is 0.703. The van der Waals surface area contributed by atoms with Crippen LogP contribution in [0.4, 0.5) is 4.39 Å². The molecule has 30 heavy (non-hydrogen) atoms. The molecule has 3 aliphatic rings. The first-order valence-electron chi connectivity index (χ1n) is 10.7. The van der Waals surface area contributed by atoms with Crippen molar-refractivity contribution < 1.29 is 18.7 Å². The van der Waals surface area contributed by atoms with Gasteiger partial charge in [0.05, 0.1) is 30.9 Å². The van der Waals surface area contributed by atoms with Crippen molar-refractivity contribution in [2.75, 3.05) is 19.8 Å². The van der Waals surface area contributed by atoms with E-state index in [1.807, 2.05) is 32.1 Å². The van der Waals surface area contributed by atoms with Crippen molar-refractivity contribution >= 4 is 11.6 Å². The number of carbonyl (C=O) groups excluding carboxylic acids is 1. The highest BCUT2D eigenvalue weighted by Gasteiger charge is 2.58. The van der Waals surface area contributed by atoms with Crippen LogP contribution in [0.5, 0.6) is 11.5 Å². The molecule has 4 rings (SSSR count). The molecule has 5 nitrogen and oxygen atoms in total.